The van der Waals surface area contributed by atoms with E-state index in [2.05, 4.69) is 12.2 Å². The van der Waals surface area contributed by atoms with Crippen molar-refractivity contribution in [1.82, 2.24) is 4.90 Å². The van der Waals surface area contributed by atoms with Crippen molar-refractivity contribution in [2.24, 2.45) is 11.7 Å². The molecule has 1 aliphatic heterocycles. The summed E-state index contributed by atoms with van der Waals surface area (Å²) in [6, 6.07) is 4.80. The van der Waals surface area contributed by atoms with Crippen molar-refractivity contribution in [1.29, 1.82) is 0 Å². The van der Waals surface area contributed by atoms with Crippen LogP contribution in [0.2, 0.25) is 10.0 Å². The van der Waals surface area contributed by atoms with Crippen molar-refractivity contribution in [3.63, 3.8) is 0 Å². The van der Waals surface area contributed by atoms with Gasteiger partial charge in [0.1, 0.15) is 0 Å². The Hall–Kier alpha value is -0.970. The van der Waals surface area contributed by atoms with Crippen molar-refractivity contribution in [2.75, 3.05) is 18.4 Å². The lowest BCUT2D eigenvalue weighted by Gasteiger charge is -2.35. The number of halogens is 2. The van der Waals surface area contributed by atoms with Gasteiger partial charge in [-0.25, -0.2) is 4.79 Å². The fourth-order valence-electron chi connectivity index (χ4n) is 2.07. The highest BCUT2D eigenvalue weighted by Gasteiger charge is 2.26. The largest absolute Gasteiger partial charge is 0.326 e. The molecule has 6 heteroatoms. The molecular weight excluding hydrogens is 285 g/mol. The van der Waals surface area contributed by atoms with E-state index in [9.17, 15) is 4.79 Å². The molecule has 0 radical (unpaired) electrons. The summed E-state index contributed by atoms with van der Waals surface area (Å²) in [5.41, 5.74) is 6.50. The highest BCUT2D eigenvalue weighted by atomic mass is 35.5. The first kappa shape index (κ1) is 14.4. The van der Waals surface area contributed by atoms with E-state index in [0.717, 1.165) is 6.42 Å². The maximum Gasteiger partial charge on any atom is 0.321 e. The lowest BCUT2D eigenvalue weighted by Crippen LogP contribution is -2.50. The van der Waals surface area contributed by atoms with Crippen LogP contribution in [0.5, 0.6) is 0 Å². The Kier molecular flexibility index (Phi) is 4.55. The van der Waals surface area contributed by atoms with E-state index in [1.807, 2.05) is 0 Å². The summed E-state index contributed by atoms with van der Waals surface area (Å²) >= 11 is 11.9. The van der Waals surface area contributed by atoms with Crippen LogP contribution in [-0.4, -0.2) is 30.1 Å². The molecule has 0 aliphatic carbocycles. The molecule has 2 amide bonds. The number of piperidine rings is 1. The van der Waals surface area contributed by atoms with Crippen molar-refractivity contribution in [3.8, 4) is 0 Å². The van der Waals surface area contributed by atoms with E-state index in [1.54, 1.807) is 23.1 Å². The van der Waals surface area contributed by atoms with Crippen LogP contribution in [-0.2, 0) is 0 Å². The Labute approximate surface area is 122 Å². The van der Waals surface area contributed by atoms with Gasteiger partial charge in [-0.15, -0.1) is 0 Å². The van der Waals surface area contributed by atoms with Gasteiger partial charge >= 0.3 is 6.03 Å². The number of hydrogen-bond donors (Lipinski definition) is 2. The number of likely N-dealkylation sites (tertiary alicyclic amines) is 1. The Morgan fingerprint density at radius 2 is 2.21 bits per heavy atom. The van der Waals surface area contributed by atoms with Gasteiger partial charge in [0.15, 0.2) is 0 Å². The van der Waals surface area contributed by atoms with E-state index in [-0.39, 0.29) is 12.1 Å². The van der Waals surface area contributed by atoms with Gasteiger partial charge in [-0.05, 0) is 30.5 Å². The van der Waals surface area contributed by atoms with Gasteiger partial charge in [0.25, 0.3) is 0 Å². The molecule has 4 nitrogen and oxygen atoms in total. The number of urea groups is 1. The van der Waals surface area contributed by atoms with Gasteiger partial charge in [0.05, 0.1) is 10.7 Å². The Bertz CT molecular complexity index is 481. The van der Waals surface area contributed by atoms with Gasteiger partial charge < -0.3 is 16.0 Å². The van der Waals surface area contributed by atoms with Gasteiger partial charge in [-0.1, -0.05) is 30.1 Å². The normalized spacial score (nSPS) is 23.3. The van der Waals surface area contributed by atoms with Crippen LogP contribution in [0.15, 0.2) is 18.2 Å². The number of rotatable bonds is 1. The Morgan fingerprint density at radius 1 is 1.47 bits per heavy atom. The van der Waals surface area contributed by atoms with E-state index >= 15 is 0 Å². The molecule has 1 heterocycles. The number of hydrogen-bond acceptors (Lipinski definition) is 2. The number of nitrogens with zero attached hydrogens (tertiary/aromatic N) is 1. The van der Waals surface area contributed by atoms with E-state index in [4.69, 9.17) is 28.9 Å². The van der Waals surface area contributed by atoms with Crippen molar-refractivity contribution in [3.05, 3.63) is 28.2 Å². The van der Waals surface area contributed by atoms with Gasteiger partial charge in [0.2, 0.25) is 0 Å². The van der Waals surface area contributed by atoms with Crippen LogP contribution in [0.1, 0.15) is 13.3 Å². The topological polar surface area (TPSA) is 58.4 Å². The summed E-state index contributed by atoms with van der Waals surface area (Å²) in [6.07, 6.45) is 0.915. The lowest BCUT2D eigenvalue weighted by molar-refractivity contribution is 0.174. The molecule has 1 aromatic carbocycles. The number of amides is 2. The van der Waals surface area contributed by atoms with E-state index in [0.29, 0.717) is 34.7 Å². The second-order valence-electron chi connectivity index (χ2n) is 4.93. The number of nitrogens with one attached hydrogen (secondary N) is 1. The predicted octanol–water partition coefficient (Wildman–Crippen LogP) is 3.19. The molecule has 1 fully saturated rings. The van der Waals surface area contributed by atoms with Crippen LogP contribution in [0.3, 0.4) is 0 Å². The highest BCUT2D eigenvalue weighted by molar-refractivity contribution is 6.35. The molecule has 0 saturated carbocycles. The highest BCUT2D eigenvalue weighted by Crippen LogP contribution is 2.26. The molecule has 1 aliphatic rings. The molecule has 1 saturated heterocycles. The summed E-state index contributed by atoms with van der Waals surface area (Å²) in [7, 11) is 0. The standard InChI is InChI=1S/C13H17Cl2N3O/c1-8-4-5-18(7-11(8)16)13(19)17-12-6-9(14)2-3-10(12)15/h2-3,6,8,11H,4-5,7,16H2,1H3,(H,17,19). The molecule has 2 rings (SSSR count). The molecule has 1 aromatic rings. The SMILES string of the molecule is CC1CCN(C(=O)Nc2cc(Cl)ccc2Cl)CC1N. The Morgan fingerprint density at radius 3 is 2.89 bits per heavy atom. The first-order valence-electron chi connectivity index (χ1n) is 6.24. The molecular formula is C13H17Cl2N3O. The summed E-state index contributed by atoms with van der Waals surface area (Å²) < 4.78 is 0. The average molecular weight is 302 g/mol. The lowest BCUT2D eigenvalue weighted by atomic mass is 9.94. The zero-order valence-corrected chi connectivity index (χ0v) is 12.2. The zero-order valence-electron chi connectivity index (χ0n) is 10.7. The van der Waals surface area contributed by atoms with Crippen LogP contribution in [0, 0.1) is 5.92 Å². The van der Waals surface area contributed by atoms with Crippen LogP contribution in [0.25, 0.3) is 0 Å². The third-order valence-electron chi connectivity index (χ3n) is 3.47. The smallest absolute Gasteiger partial charge is 0.321 e. The first-order chi connectivity index (χ1) is 8.97. The van der Waals surface area contributed by atoms with Crippen molar-refractivity contribution < 1.29 is 4.79 Å². The molecule has 0 aromatic heterocycles. The van der Waals surface area contributed by atoms with E-state index < -0.39 is 0 Å². The quantitative estimate of drug-likeness (QED) is 0.837. The summed E-state index contributed by atoms with van der Waals surface area (Å²) in [4.78, 5) is 13.9. The molecule has 2 atom stereocenters. The number of anilines is 1. The molecule has 19 heavy (non-hydrogen) atoms. The molecule has 3 N–H and O–H groups in total. The maximum atomic E-state index is 12.1. The summed E-state index contributed by atoms with van der Waals surface area (Å²) in [6.45, 7) is 3.37. The van der Waals surface area contributed by atoms with E-state index in [1.165, 1.54) is 0 Å². The van der Waals surface area contributed by atoms with Gasteiger partial charge in [-0.3, -0.25) is 0 Å². The minimum Gasteiger partial charge on any atom is -0.326 e. The van der Waals surface area contributed by atoms with Crippen molar-refractivity contribution >= 4 is 34.9 Å². The number of nitrogens with two attached hydrogens (primary N) is 1. The third-order valence-corrected chi connectivity index (χ3v) is 4.04. The van der Waals surface area contributed by atoms with Crippen molar-refractivity contribution in [2.45, 2.75) is 19.4 Å². The molecule has 0 spiro atoms. The van der Waals surface area contributed by atoms with Crippen LogP contribution in [0.4, 0.5) is 10.5 Å². The number of carbonyl (C=O) groups is 1. The number of benzene rings is 1. The minimum atomic E-state index is -0.188. The number of carbonyl (C=O) groups excluding carboxylic acids is 1. The monoisotopic (exact) mass is 301 g/mol. The summed E-state index contributed by atoms with van der Waals surface area (Å²) in [5, 5.41) is 3.77. The summed E-state index contributed by atoms with van der Waals surface area (Å²) in [5.74, 6) is 0.443. The second kappa shape index (κ2) is 5.99. The average Bonchev–Trinajstić information content (AvgIpc) is 2.37. The predicted molar refractivity (Wildman–Crippen MR) is 78.8 cm³/mol. The van der Waals surface area contributed by atoms with Crippen LogP contribution < -0.4 is 11.1 Å². The fourth-order valence-corrected chi connectivity index (χ4v) is 2.41. The minimum absolute atomic E-state index is 0.0225. The molecule has 104 valence electrons. The van der Waals surface area contributed by atoms with Crippen LogP contribution >= 0.6 is 23.2 Å². The second-order valence-corrected chi connectivity index (χ2v) is 5.77. The molecule has 0 bridgehead atoms. The molecule has 2 unspecified atom stereocenters. The fraction of sp³-hybridized carbons (Fsp3) is 0.462. The Balaban J connectivity index is 2.03. The first-order valence-corrected chi connectivity index (χ1v) is 6.99. The third kappa shape index (κ3) is 3.53. The maximum absolute atomic E-state index is 12.1. The zero-order chi connectivity index (χ0) is 14.0. The van der Waals surface area contributed by atoms with Gasteiger partial charge in [-0.2, -0.15) is 0 Å². The van der Waals surface area contributed by atoms with Gasteiger partial charge in [0, 0.05) is 24.2 Å².